The van der Waals surface area contributed by atoms with Crippen molar-refractivity contribution in [1.82, 2.24) is 0 Å². The Morgan fingerprint density at radius 1 is 0.694 bits per heavy atom. The van der Waals surface area contributed by atoms with Crippen LogP contribution in [0.4, 0.5) is 0 Å². The summed E-state index contributed by atoms with van der Waals surface area (Å²) in [6, 6.07) is 39.9. The smallest absolute Gasteiger partial charge is 0.184 e. The van der Waals surface area contributed by atoms with Crippen LogP contribution >= 0.6 is 0 Å². The average Bonchev–Trinajstić information content (AvgIpc) is 2.93. The van der Waals surface area contributed by atoms with Crippen molar-refractivity contribution >= 4 is 16.3 Å². The molecule has 2 atom stereocenters. The molecule has 0 N–H and O–H groups in total. The van der Waals surface area contributed by atoms with Gasteiger partial charge in [0, 0.05) is 35.4 Å². The van der Waals surface area contributed by atoms with Crippen molar-refractivity contribution < 1.29 is 8.97 Å². The fourth-order valence-electron chi connectivity index (χ4n) is 6.17. The van der Waals surface area contributed by atoms with Crippen molar-refractivity contribution in [3.05, 3.63) is 138 Å². The SMILES string of the molecule is Cc1cc2c3ccccc3cc(C3C(C)c4ccccc4-c4cccc[n+]43)[n+]2cc1-c1ccccc1. The van der Waals surface area contributed by atoms with E-state index in [2.05, 4.69) is 144 Å². The maximum absolute atomic E-state index is 2.48. The van der Waals surface area contributed by atoms with E-state index in [4.69, 9.17) is 0 Å². The second-order valence-electron chi connectivity index (χ2n) is 9.96. The molecule has 0 bridgehead atoms. The van der Waals surface area contributed by atoms with Gasteiger partial charge in [-0.2, -0.15) is 8.97 Å². The number of fused-ring (bicyclic) bond motifs is 6. The molecule has 0 amide bonds. The monoisotopic (exact) mass is 464 g/mol. The molecule has 4 heterocycles. The molecule has 3 aromatic heterocycles. The third kappa shape index (κ3) is 3.11. The molecular weight excluding hydrogens is 436 g/mol. The molecule has 0 fully saturated rings. The summed E-state index contributed by atoms with van der Waals surface area (Å²) in [6.07, 6.45) is 4.61. The van der Waals surface area contributed by atoms with E-state index < -0.39 is 0 Å². The van der Waals surface area contributed by atoms with Gasteiger partial charge in [-0.15, -0.1) is 0 Å². The van der Waals surface area contributed by atoms with Crippen LogP contribution < -0.4 is 8.97 Å². The first-order valence-corrected chi connectivity index (χ1v) is 12.7. The first-order valence-electron chi connectivity index (χ1n) is 12.7. The van der Waals surface area contributed by atoms with Gasteiger partial charge in [-0.05, 0) is 47.2 Å². The van der Waals surface area contributed by atoms with E-state index in [9.17, 15) is 0 Å². The van der Waals surface area contributed by atoms with E-state index in [0.29, 0.717) is 5.92 Å². The Labute approximate surface area is 211 Å². The fourth-order valence-corrected chi connectivity index (χ4v) is 6.17. The van der Waals surface area contributed by atoms with E-state index in [1.54, 1.807) is 0 Å². The molecule has 0 aliphatic carbocycles. The summed E-state index contributed by atoms with van der Waals surface area (Å²) in [5.41, 5.74) is 10.4. The molecule has 0 saturated heterocycles. The quantitative estimate of drug-likeness (QED) is 0.189. The standard InChI is InChI=1S/C34H28N2/c1-23-20-32-28-16-7-6-14-26(28)21-33(36(32)22-30(23)25-12-4-3-5-13-25)34-24(2)27-15-8-9-17-29(27)31-18-10-11-19-35(31)34/h3-22,24,34H,1-2H3/q+2. The lowest BCUT2D eigenvalue weighted by Crippen LogP contribution is -2.51. The molecule has 1 aliphatic heterocycles. The highest BCUT2D eigenvalue weighted by atomic mass is 15.1. The van der Waals surface area contributed by atoms with Gasteiger partial charge in [-0.1, -0.05) is 73.7 Å². The van der Waals surface area contributed by atoms with Crippen LogP contribution in [-0.2, 0) is 0 Å². The van der Waals surface area contributed by atoms with Crippen LogP contribution in [0.2, 0.25) is 0 Å². The Bertz CT molecular complexity index is 1770. The molecule has 2 unspecified atom stereocenters. The van der Waals surface area contributed by atoms with Gasteiger partial charge in [-0.25, -0.2) is 0 Å². The second kappa shape index (κ2) is 8.13. The lowest BCUT2D eigenvalue weighted by molar-refractivity contribution is -0.725. The average molecular weight is 465 g/mol. The molecule has 7 rings (SSSR count). The molecule has 0 radical (unpaired) electrons. The number of pyridine rings is 3. The Balaban J connectivity index is 1.58. The van der Waals surface area contributed by atoms with Gasteiger partial charge in [-0.3, -0.25) is 0 Å². The van der Waals surface area contributed by atoms with Crippen molar-refractivity contribution in [2.24, 2.45) is 0 Å². The van der Waals surface area contributed by atoms with Crippen molar-refractivity contribution in [1.29, 1.82) is 0 Å². The van der Waals surface area contributed by atoms with Crippen LogP contribution in [0.15, 0.2) is 122 Å². The van der Waals surface area contributed by atoms with Gasteiger partial charge < -0.3 is 0 Å². The number of hydrogen-bond acceptors (Lipinski definition) is 0. The van der Waals surface area contributed by atoms with E-state index in [0.717, 1.165) is 0 Å². The summed E-state index contributed by atoms with van der Waals surface area (Å²) < 4.78 is 4.93. The normalized spacial score (nSPS) is 16.6. The lowest BCUT2D eigenvalue weighted by atomic mass is 9.82. The van der Waals surface area contributed by atoms with Gasteiger partial charge in [0.05, 0.1) is 11.3 Å². The summed E-state index contributed by atoms with van der Waals surface area (Å²) in [5.74, 6) is 0.319. The Hall–Kier alpha value is -4.30. The van der Waals surface area contributed by atoms with E-state index in [-0.39, 0.29) is 6.04 Å². The van der Waals surface area contributed by atoms with Gasteiger partial charge in [0.15, 0.2) is 12.4 Å². The van der Waals surface area contributed by atoms with Gasteiger partial charge in [0.1, 0.15) is 0 Å². The van der Waals surface area contributed by atoms with Crippen LogP contribution in [0, 0.1) is 6.92 Å². The largest absolute Gasteiger partial charge is 0.257 e. The molecular formula is C34H28N2+2. The Kier molecular flexibility index (Phi) is 4.75. The molecule has 0 saturated carbocycles. The minimum absolute atomic E-state index is 0.166. The van der Waals surface area contributed by atoms with Crippen molar-refractivity contribution in [3.8, 4) is 22.4 Å². The van der Waals surface area contributed by atoms with Crippen LogP contribution in [0.5, 0.6) is 0 Å². The molecule has 0 spiro atoms. The van der Waals surface area contributed by atoms with Crippen LogP contribution in [0.3, 0.4) is 0 Å². The van der Waals surface area contributed by atoms with Crippen LogP contribution in [0.25, 0.3) is 38.7 Å². The molecule has 36 heavy (non-hydrogen) atoms. The lowest BCUT2D eigenvalue weighted by Gasteiger charge is -2.26. The summed E-state index contributed by atoms with van der Waals surface area (Å²) in [4.78, 5) is 0. The molecule has 6 aromatic rings. The predicted octanol–water partition coefficient (Wildman–Crippen LogP) is 7.21. The van der Waals surface area contributed by atoms with Crippen molar-refractivity contribution in [2.45, 2.75) is 25.8 Å². The fraction of sp³-hybridized carbons (Fsp3) is 0.118. The van der Waals surface area contributed by atoms with Crippen molar-refractivity contribution in [3.63, 3.8) is 0 Å². The van der Waals surface area contributed by atoms with Crippen LogP contribution in [-0.4, -0.2) is 0 Å². The minimum Gasteiger partial charge on any atom is -0.184 e. The van der Waals surface area contributed by atoms with E-state index in [1.165, 1.54) is 55.5 Å². The number of nitrogens with zero attached hydrogens (tertiary/aromatic N) is 2. The zero-order valence-electron chi connectivity index (χ0n) is 20.6. The van der Waals surface area contributed by atoms with Gasteiger partial charge in [0.25, 0.3) is 5.69 Å². The van der Waals surface area contributed by atoms with Crippen molar-refractivity contribution in [2.75, 3.05) is 0 Å². The molecule has 3 aromatic carbocycles. The highest BCUT2D eigenvalue weighted by molar-refractivity contribution is 5.94. The molecule has 172 valence electrons. The maximum Gasteiger partial charge on any atom is 0.257 e. The molecule has 2 nitrogen and oxygen atoms in total. The first-order chi connectivity index (χ1) is 17.7. The maximum atomic E-state index is 2.48. The zero-order valence-corrected chi connectivity index (χ0v) is 20.6. The Morgan fingerprint density at radius 3 is 2.33 bits per heavy atom. The summed E-state index contributed by atoms with van der Waals surface area (Å²) >= 11 is 0. The predicted molar refractivity (Wildman–Crippen MR) is 146 cm³/mol. The Morgan fingerprint density at radius 2 is 1.44 bits per heavy atom. The third-order valence-electron chi connectivity index (χ3n) is 7.89. The van der Waals surface area contributed by atoms with E-state index >= 15 is 0 Å². The van der Waals surface area contributed by atoms with Crippen LogP contribution in [0.1, 0.15) is 35.7 Å². The number of hydrogen-bond donors (Lipinski definition) is 0. The van der Waals surface area contributed by atoms with Gasteiger partial charge in [0.2, 0.25) is 17.3 Å². The number of benzene rings is 3. The summed E-state index contributed by atoms with van der Waals surface area (Å²) in [7, 11) is 0. The number of aryl methyl sites for hydroxylation is 1. The topological polar surface area (TPSA) is 7.98 Å². The highest BCUT2D eigenvalue weighted by Gasteiger charge is 2.43. The highest BCUT2D eigenvalue weighted by Crippen LogP contribution is 2.40. The van der Waals surface area contributed by atoms with Gasteiger partial charge >= 0.3 is 0 Å². The third-order valence-corrected chi connectivity index (χ3v) is 7.89. The minimum atomic E-state index is 0.166. The summed E-state index contributed by atoms with van der Waals surface area (Å²) in [5, 5.41) is 2.56. The number of aromatic nitrogens is 2. The summed E-state index contributed by atoms with van der Waals surface area (Å²) in [6.45, 7) is 4.60. The first kappa shape index (κ1) is 21.0. The molecule has 1 aliphatic rings. The number of rotatable bonds is 2. The zero-order chi connectivity index (χ0) is 24.2. The van der Waals surface area contributed by atoms with E-state index in [1.807, 2.05) is 0 Å². The molecule has 2 heteroatoms. The second-order valence-corrected chi connectivity index (χ2v) is 9.96.